The van der Waals surface area contributed by atoms with Crippen LogP contribution in [0.1, 0.15) is 43.0 Å². The normalized spacial score (nSPS) is 21.3. The van der Waals surface area contributed by atoms with Crippen molar-refractivity contribution in [3.05, 3.63) is 30.4 Å². The number of hydrogen-bond acceptors (Lipinski definition) is 7. The van der Waals surface area contributed by atoms with Crippen molar-refractivity contribution in [2.45, 2.75) is 38.6 Å². The number of likely N-dealkylation sites (tertiary alicyclic amines) is 1. The number of anilines is 1. The Labute approximate surface area is 196 Å². The van der Waals surface area contributed by atoms with E-state index >= 15 is 0 Å². The van der Waals surface area contributed by atoms with Gasteiger partial charge in [0.1, 0.15) is 5.41 Å². The van der Waals surface area contributed by atoms with Crippen molar-refractivity contribution < 1.29 is 9.59 Å². The van der Waals surface area contributed by atoms with Gasteiger partial charge in [-0.15, -0.1) is 0 Å². The molecule has 1 saturated heterocycles. The molecular weight excluding hydrogens is 434 g/mol. The van der Waals surface area contributed by atoms with Crippen LogP contribution in [-0.4, -0.2) is 60.2 Å². The Balaban J connectivity index is 1.48. The van der Waals surface area contributed by atoms with Crippen LogP contribution in [0.2, 0.25) is 0 Å². The summed E-state index contributed by atoms with van der Waals surface area (Å²) in [5.74, 6) is -0.541. The van der Waals surface area contributed by atoms with Crippen LogP contribution in [0, 0.1) is 22.7 Å². The lowest BCUT2D eigenvalue weighted by molar-refractivity contribution is -0.142. The maximum absolute atomic E-state index is 13.2. The molecule has 3 N–H and O–H groups in total. The molecule has 2 aliphatic rings. The maximum atomic E-state index is 13.2. The van der Waals surface area contributed by atoms with E-state index < -0.39 is 11.3 Å². The summed E-state index contributed by atoms with van der Waals surface area (Å²) in [6, 6.07) is 2.14. The van der Waals surface area contributed by atoms with Crippen LogP contribution in [0.15, 0.2) is 24.8 Å². The zero-order valence-corrected chi connectivity index (χ0v) is 19.2. The molecular formula is C23H27N9O2. The highest BCUT2D eigenvalue weighted by Gasteiger charge is 2.49. The van der Waals surface area contributed by atoms with Crippen LogP contribution >= 0.6 is 0 Å². The predicted octanol–water partition coefficient (Wildman–Crippen LogP) is 1.57. The molecule has 0 aromatic carbocycles. The zero-order valence-electron chi connectivity index (χ0n) is 19.2. The molecule has 0 spiro atoms. The molecule has 1 aliphatic heterocycles. The zero-order chi connectivity index (χ0) is 24.0. The summed E-state index contributed by atoms with van der Waals surface area (Å²) >= 11 is 0. The third-order valence-corrected chi connectivity index (χ3v) is 7.17. The maximum Gasteiger partial charge on any atom is 0.252 e. The summed E-state index contributed by atoms with van der Waals surface area (Å²) in [6.45, 7) is 3.09. The van der Waals surface area contributed by atoms with Gasteiger partial charge in [0.2, 0.25) is 5.91 Å². The molecule has 2 atom stereocenters. The van der Waals surface area contributed by atoms with E-state index in [1.807, 2.05) is 13.2 Å². The van der Waals surface area contributed by atoms with Gasteiger partial charge in [-0.05, 0) is 31.6 Å². The van der Waals surface area contributed by atoms with Gasteiger partial charge in [0.25, 0.3) is 5.91 Å². The summed E-state index contributed by atoms with van der Waals surface area (Å²) in [7, 11) is 1.83. The van der Waals surface area contributed by atoms with Crippen LogP contribution < -0.4 is 11.1 Å². The van der Waals surface area contributed by atoms with E-state index in [1.165, 1.54) is 6.20 Å². The monoisotopic (exact) mass is 461 g/mol. The van der Waals surface area contributed by atoms with Crippen molar-refractivity contribution >= 4 is 23.1 Å². The molecule has 34 heavy (non-hydrogen) atoms. The number of nitrogens with two attached hydrogens (primary N) is 1. The van der Waals surface area contributed by atoms with Crippen LogP contribution in [0.5, 0.6) is 0 Å². The fraction of sp³-hybridized carbons (Fsp3) is 0.478. The average Bonchev–Trinajstić information content (AvgIpc) is 3.51. The first-order valence-electron chi connectivity index (χ1n) is 11.5. The molecule has 176 valence electrons. The van der Waals surface area contributed by atoms with Gasteiger partial charge < -0.3 is 16.0 Å². The van der Waals surface area contributed by atoms with Gasteiger partial charge in [-0.2, -0.15) is 15.5 Å². The molecule has 2 fully saturated rings. The molecule has 0 unspecified atom stereocenters. The van der Waals surface area contributed by atoms with E-state index in [0.29, 0.717) is 43.0 Å². The number of primary amides is 1. The predicted molar refractivity (Wildman–Crippen MR) is 123 cm³/mol. The Morgan fingerprint density at radius 2 is 2.06 bits per heavy atom. The quantitative estimate of drug-likeness (QED) is 0.566. The Kier molecular flexibility index (Phi) is 5.23. The topological polar surface area (TPSA) is 147 Å². The first-order chi connectivity index (χ1) is 16.3. The van der Waals surface area contributed by atoms with Gasteiger partial charge in [-0.3, -0.25) is 14.3 Å². The molecule has 0 bridgehead atoms. The lowest BCUT2D eigenvalue weighted by Gasteiger charge is -2.36. The summed E-state index contributed by atoms with van der Waals surface area (Å²) in [5.41, 5.74) is 7.50. The number of amides is 2. The highest BCUT2D eigenvalue weighted by atomic mass is 16.2. The van der Waals surface area contributed by atoms with Crippen LogP contribution in [0.25, 0.3) is 16.9 Å². The second-order valence-electron chi connectivity index (χ2n) is 9.27. The van der Waals surface area contributed by atoms with E-state index in [4.69, 9.17) is 10.7 Å². The van der Waals surface area contributed by atoms with Crippen LogP contribution in [0.4, 0.5) is 5.69 Å². The van der Waals surface area contributed by atoms with Gasteiger partial charge >= 0.3 is 0 Å². The minimum Gasteiger partial charge on any atom is -0.376 e. The second kappa shape index (κ2) is 8.13. The number of carbonyl (C=O) groups is 2. The number of fused-ring (bicyclic) bond motifs is 1. The number of imidazole rings is 1. The largest absolute Gasteiger partial charge is 0.376 e. The number of nitriles is 1. The number of aryl methyl sites for hydroxylation is 1. The first kappa shape index (κ1) is 21.9. The fourth-order valence-corrected chi connectivity index (χ4v) is 4.96. The molecule has 0 radical (unpaired) electrons. The standard InChI is InChI=1S/C23H27N9O2/c1-3-14-10-31(22(34)23(13-24)5-4-6-23)11-17(14)28-19-16(20(25)33)8-27-32-12-18(29-21(19)32)15-7-26-30(2)9-15/h7-9,12,14,17,28H,3-6,10-11H2,1-2H3,(H2,25,33)/t14-,17+/m0/s1. The highest BCUT2D eigenvalue weighted by Crippen LogP contribution is 2.43. The van der Waals surface area contributed by atoms with Gasteiger partial charge in [0, 0.05) is 37.9 Å². The highest BCUT2D eigenvalue weighted by molar-refractivity contribution is 6.01. The van der Waals surface area contributed by atoms with E-state index in [1.54, 1.807) is 26.5 Å². The Morgan fingerprint density at radius 1 is 1.26 bits per heavy atom. The fourth-order valence-electron chi connectivity index (χ4n) is 4.96. The molecule has 5 rings (SSSR count). The third kappa shape index (κ3) is 3.46. The van der Waals surface area contributed by atoms with E-state index in [9.17, 15) is 14.9 Å². The van der Waals surface area contributed by atoms with E-state index in [2.05, 4.69) is 28.5 Å². The van der Waals surface area contributed by atoms with Crippen molar-refractivity contribution in [1.82, 2.24) is 29.3 Å². The molecule has 3 aromatic rings. The lowest BCUT2D eigenvalue weighted by atomic mass is 9.69. The Bertz CT molecular complexity index is 1310. The molecule has 4 heterocycles. The second-order valence-corrected chi connectivity index (χ2v) is 9.27. The summed E-state index contributed by atoms with van der Waals surface area (Å²) in [4.78, 5) is 31.9. The number of carbonyl (C=O) groups excluding carboxylic acids is 2. The van der Waals surface area contributed by atoms with Crippen LogP contribution in [0.3, 0.4) is 0 Å². The minimum atomic E-state index is -0.878. The summed E-state index contributed by atoms with van der Waals surface area (Å²) < 4.78 is 3.29. The number of nitrogens with zero attached hydrogens (tertiary/aromatic N) is 7. The molecule has 11 nitrogen and oxygen atoms in total. The van der Waals surface area contributed by atoms with Crippen molar-refractivity contribution in [3.63, 3.8) is 0 Å². The van der Waals surface area contributed by atoms with E-state index in [-0.39, 0.29) is 23.4 Å². The van der Waals surface area contributed by atoms with Gasteiger partial charge in [-0.25, -0.2) is 9.50 Å². The first-order valence-corrected chi connectivity index (χ1v) is 11.5. The van der Waals surface area contributed by atoms with Crippen molar-refractivity contribution in [1.29, 1.82) is 5.26 Å². The number of rotatable bonds is 6. The van der Waals surface area contributed by atoms with Crippen molar-refractivity contribution in [2.24, 2.45) is 24.1 Å². The Morgan fingerprint density at radius 3 is 2.65 bits per heavy atom. The molecule has 1 aliphatic carbocycles. The van der Waals surface area contributed by atoms with Crippen molar-refractivity contribution in [2.75, 3.05) is 18.4 Å². The van der Waals surface area contributed by atoms with E-state index in [0.717, 1.165) is 18.4 Å². The number of hydrogen-bond donors (Lipinski definition) is 2. The molecule has 2 amide bonds. The van der Waals surface area contributed by atoms with Gasteiger partial charge in [0.05, 0.1) is 41.6 Å². The van der Waals surface area contributed by atoms with Crippen molar-refractivity contribution in [3.8, 4) is 17.3 Å². The molecule has 3 aromatic heterocycles. The lowest BCUT2D eigenvalue weighted by Crippen LogP contribution is -2.46. The van der Waals surface area contributed by atoms with Gasteiger partial charge in [-0.1, -0.05) is 6.92 Å². The average molecular weight is 462 g/mol. The van der Waals surface area contributed by atoms with Gasteiger partial charge in [0.15, 0.2) is 5.65 Å². The molecule has 1 saturated carbocycles. The van der Waals surface area contributed by atoms with Crippen LogP contribution in [-0.2, 0) is 11.8 Å². The SMILES string of the molecule is CC[C@H]1CN(C(=O)C2(C#N)CCC2)C[C@H]1Nc1c(C(N)=O)cnn2cc(-c3cnn(C)c3)nc12. The smallest absolute Gasteiger partial charge is 0.252 e. The Hall–Kier alpha value is -3.94. The molecule has 11 heteroatoms. The summed E-state index contributed by atoms with van der Waals surface area (Å²) in [5, 5.41) is 21.6. The summed E-state index contributed by atoms with van der Waals surface area (Å²) in [6.07, 6.45) is 9.75. The minimum absolute atomic E-state index is 0.0846. The number of nitrogens with one attached hydrogen (secondary N) is 1. The number of aromatic nitrogens is 5. The third-order valence-electron chi connectivity index (χ3n) is 7.17.